The van der Waals surface area contributed by atoms with Gasteiger partial charge in [0.2, 0.25) is 5.91 Å². The van der Waals surface area contributed by atoms with Gasteiger partial charge in [-0.25, -0.2) is 0 Å². The van der Waals surface area contributed by atoms with Gasteiger partial charge >= 0.3 is 0 Å². The number of amides is 1. The molecule has 1 aromatic rings. The zero-order chi connectivity index (χ0) is 11.1. The van der Waals surface area contributed by atoms with E-state index in [0.29, 0.717) is 6.54 Å². The zero-order valence-corrected chi connectivity index (χ0v) is 9.21. The molecule has 82 valence electrons. The number of carbonyl (C=O) groups is 1. The average Bonchev–Trinajstić information content (AvgIpc) is 2.97. The van der Waals surface area contributed by atoms with Crippen molar-refractivity contribution >= 4 is 5.91 Å². The first-order valence-corrected chi connectivity index (χ1v) is 5.25. The van der Waals surface area contributed by atoms with Gasteiger partial charge in [0.1, 0.15) is 0 Å². The fourth-order valence-electron chi connectivity index (χ4n) is 1.74. The number of nitrogens with one attached hydrogen (secondary N) is 1. The number of rotatable bonds is 3. The summed E-state index contributed by atoms with van der Waals surface area (Å²) in [5.74, 6) is 0.0485. The molecule has 3 N–H and O–H groups in total. The molecule has 15 heavy (non-hydrogen) atoms. The van der Waals surface area contributed by atoms with E-state index >= 15 is 0 Å². The van der Waals surface area contributed by atoms with Gasteiger partial charge in [-0.1, -0.05) is 0 Å². The van der Waals surface area contributed by atoms with Crippen LogP contribution in [0.5, 0.6) is 0 Å². The Morgan fingerprint density at radius 1 is 1.47 bits per heavy atom. The first kappa shape index (κ1) is 10.2. The molecule has 1 saturated carbocycles. The highest BCUT2D eigenvalue weighted by atomic mass is 16.2. The van der Waals surface area contributed by atoms with Gasteiger partial charge in [-0.15, -0.1) is 0 Å². The van der Waals surface area contributed by atoms with Crippen molar-refractivity contribution in [1.82, 2.24) is 4.68 Å². The van der Waals surface area contributed by atoms with Crippen molar-refractivity contribution in [3.63, 3.8) is 0 Å². The number of carbonyl (C=O) groups excluding carboxylic acids is 1. The van der Waals surface area contributed by atoms with Crippen LogP contribution < -0.4 is 11.2 Å². The Balaban J connectivity index is 2.13. The fourth-order valence-corrected chi connectivity index (χ4v) is 1.74. The molecular weight excluding hydrogens is 190 g/mol. The second kappa shape index (κ2) is 3.38. The van der Waals surface area contributed by atoms with E-state index in [4.69, 9.17) is 5.73 Å². The number of aromatic nitrogens is 1. The smallest absolute Gasteiger partial charge is 0.246 e. The van der Waals surface area contributed by atoms with Gasteiger partial charge in [-0.2, -0.15) is 0 Å². The van der Waals surface area contributed by atoms with Crippen molar-refractivity contribution in [2.45, 2.75) is 26.7 Å². The molecule has 0 atom stereocenters. The minimum Gasteiger partial charge on any atom is -0.329 e. The third-order valence-corrected chi connectivity index (χ3v) is 3.21. The Hall–Kier alpha value is -1.29. The molecule has 0 unspecified atom stereocenters. The molecule has 1 amide bonds. The van der Waals surface area contributed by atoms with E-state index in [1.54, 1.807) is 0 Å². The van der Waals surface area contributed by atoms with E-state index in [2.05, 4.69) is 5.43 Å². The molecule has 4 heteroatoms. The Labute approximate surface area is 89.4 Å². The second-order valence-electron chi connectivity index (χ2n) is 4.38. The molecule has 0 aromatic carbocycles. The van der Waals surface area contributed by atoms with Crippen LogP contribution in [0.4, 0.5) is 0 Å². The number of nitrogens with zero attached hydrogens (tertiary/aromatic N) is 1. The molecular formula is C11H17N3O. The van der Waals surface area contributed by atoms with Crippen molar-refractivity contribution in [3.05, 3.63) is 23.5 Å². The van der Waals surface area contributed by atoms with Gasteiger partial charge in [0.15, 0.2) is 0 Å². The Bertz CT molecular complexity index is 371. The van der Waals surface area contributed by atoms with Crippen LogP contribution in [0.3, 0.4) is 0 Å². The lowest BCUT2D eigenvalue weighted by molar-refractivity contribution is -0.121. The highest BCUT2D eigenvalue weighted by molar-refractivity contribution is 5.92. The minimum atomic E-state index is -0.289. The molecule has 1 fully saturated rings. The first-order valence-electron chi connectivity index (χ1n) is 5.25. The monoisotopic (exact) mass is 207 g/mol. The van der Waals surface area contributed by atoms with Crippen LogP contribution in [0, 0.1) is 19.3 Å². The third kappa shape index (κ3) is 1.65. The molecule has 0 saturated heterocycles. The van der Waals surface area contributed by atoms with Gasteiger partial charge in [0.05, 0.1) is 5.41 Å². The third-order valence-electron chi connectivity index (χ3n) is 3.21. The molecule has 4 nitrogen and oxygen atoms in total. The molecule has 0 radical (unpaired) electrons. The number of hydrogen-bond acceptors (Lipinski definition) is 2. The van der Waals surface area contributed by atoms with E-state index in [0.717, 1.165) is 24.2 Å². The molecule has 1 aliphatic rings. The standard InChI is InChI=1S/C11H17N3O/c1-8-3-4-9(2)14(8)13-10(15)11(7-12)5-6-11/h3-4H,5-7,12H2,1-2H3,(H,13,15). The summed E-state index contributed by atoms with van der Waals surface area (Å²) in [6.07, 6.45) is 1.82. The first-order chi connectivity index (χ1) is 7.09. The summed E-state index contributed by atoms with van der Waals surface area (Å²) in [5, 5.41) is 0. The van der Waals surface area contributed by atoms with Crippen LogP contribution in [0.1, 0.15) is 24.2 Å². The van der Waals surface area contributed by atoms with Crippen molar-refractivity contribution in [2.24, 2.45) is 11.1 Å². The minimum absolute atomic E-state index is 0.0485. The topological polar surface area (TPSA) is 60.0 Å². The van der Waals surface area contributed by atoms with Gasteiger partial charge in [-0.3, -0.25) is 14.9 Å². The molecule has 0 aliphatic heterocycles. The molecule has 0 bridgehead atoms. The molecule has 1 aliphatic carbocycles. The van der Waals surface area contributed by atoms with Crippen LogP contribution >= 0.6 is 0 Å². The summed E-state index contributed by atoms with van der Waals surface area (Å²) < 4.78 is 1.82. The normalized spacial score (nSPS) is 17.5. The number of nitrogens with two attached hydrogens (primary N) is 1. The van der Waals surface area contributed by atoms with Crippen LogP contribution in [-0.2, 0) is 4.79 Å². The Kier molecular flexibility index (Phi) is 2.31. The maximum absolute atomic E-state index is 11.9. The summed E-state index contributed by atoms with van der Waals surface area (Å²) in [6, 6.07) is 3.97. The van der Waals surface area contributed by atoms with Gasteiger partial charge in [0, 0.05) is 17.9 Å². The quantitative estimate of drug-likeness (QED) is 0.774. The summed E-state index contributed by atoms with van der Waals surface area (Å²) in [4.78, 5) is 11.9. The van der Waals surface area contributed by atoms with Gasteiger partial charge in [0.25, 0.3) is 0 Å². The lowest BCUT2D eigenvalue weighted by Crippen LogP contribution is -2.36. The van der Waals surface area contributed by atoms with Crippen LogP contribution in [0.2, 0.25) is 0 Å². The van der Waals surface area contributed by atoms with E-state index in [9.17, 15) is 4.79 Å². The van der Waals surface area contributed by atoms with Crippen molar-refractivity contribution in [1.29, 1.82) is 0 Å². The predicted octanol–water partition coefficient (Wildman–Crippen LogP) is 0.914. The van der Waals surface area contributed by atoms with Crippen molar-refractivity contribution < 1.29 is 4.79 Å². The molecule has 2 rings (SSSR count). The lowest BCUT2D eigenvalue weighted by atomic mass is 10.1. The van der Waals surface area contributed by atoms with Crippen LogP contribution in [0.15, 0.2) is 12.1 Å². The molecule has 0 spiro atoms. The summed E-state index contributed by atoms with van der Waals surface area (Å²) in [6.45, 7) is 4.38. The maximum Gasteiger partial charge on any atom is 0.246 e. The maximum atomic E-state index is 11.9. The summed E-state index contributed by atoms with van der Waals surface area (Å²) in [5.41, 5.74) is 10.3. The van der Waals surface area contributed by atoms with Crippen molar-refractivity contribution in [2.75, 3.05) is 12.0 Å². The average molecular weight is 207 g/mol. The SMILES string of the molecule is Cc1ccc(C)n1NC(=O)C1(CN)CC1. The van der Waals surface area contributed by atoms with Crippen molar-refractivity contribution in [3.8, 4) is 0 Å². The van der Waals surface area contributed by atoms with E-state index < -0.39 is 0 Å². The molecule has 1 heterocycles. The summed E-state index contributed by atoms with van der Waals surface area (Å²) >= 11 is 0. The van der Waals surface area contributed by atoms with Crippen LogP contribution in [-0.4, -0.2) is 17.1 Å². The Morgan fingerprint density at radius 3 is 2.40 bits per heavy atom. The Morgan fingerprint density at radius 2 is 2.00 bits per heavy atom. The highest BCUT2D eigenvalue weighted by Gasteiger charge is 2.48. The van der Waals surface area contributed by atoms with Gasteiger partial charge < -0.3 is 5.73 Å². The lowest BCUT2D eigenvalue weighted by Gasteiger charge is -2.16. The van der Waals surface area contributed by atoms with E-state index in [1.807, 2.05) is 30.7 Å². The predicted molar refractivity (Wildman–Crippen MR) is 59.0 cm³/mol. The van der Waals surface area contributed by atoms with E-state index in [-0.39, 0.29) is 11.3 Å². The highest BCUT2D eigenvalue weighted by Crippen LogP contribution is 2.44. The van der Waals surface area contributed by atoms with Gasteiger partial charge in [-0.05, 0) is 38.8 Å². The second-order valence-corrected chi connectivity index (χ2v) is 4.38. The largest absolute Gasteiger partial charge is 0.329 e. The molecule has 1 aromatic heterocycles. The summed E-state index contributed by atoms with van der Waals surface area (Å²) in [7, 11) is 0. The fraction of sp³-hybridized carbons (Fsp3) is 0.545. The zero-order valence-electron chi connectivity index (χ0n) is 9.21. The van der Waals surface area contributed by atoms with E-state index in [1.165, 1.54) is 0 Å². The number of hydrogen-bond donors (Lipinski definition) is 2. The number of aryl methyl sites for hydroxylation is 2. The van der Waals surface area contributed by atoms with Crippen LogP contribution in [0.25, 0.3) is 0 Å².